The van der Waals surface area contributed by atoms with Crippen LogP contribution >= 0.6 is 0 Å². The number of methoxy groups -OCH3 is 1. The summed E-state index contributed by atoms with van der Waals surface area (Å²) in [5.74, 6) is -0.385. The van der Waals surface area contributed by atoms with Crippen LogP contribution in [0.1, 0.15) is 31.0 Å². The van der Waals surface area contributed by atoms with Crippen molar-refractivity contribution in [3.8, 4) is 28.8 Å². The first-order chi connectivity index (χ1) is 18.9. The van der Waals surface area contributed by atoms with Crippen molar-refractivity contribution in [2.45, 2.75) is 19.9 Å². The van der Waals surface area contributed by atoms with Gasteiger partial charge in [-0.3, -0.25) is 14.5 Å². The molecule has 2 amide bonds. The number of carbonyl (C=O) groups is 2. The lowest BCUT2D eigenvalue weighted by molar-refractivity contribution is -0.143. The van der Waals surface area contributed by atoms with Crippen LogP contribution in [0.25, 0.3) is 23.0 Å². The van der Waals surface area contributed by atoms with Crippen molar-refractivity contribution in [1.29, 1.82) is 5.26 Å². The molecule has 0 spiro atoms. The molecular formula is C32H26N4O3. The minimum Gasteiger partial charge on any atom is -0.497 e. The van der Waals surface area contributed by atoms with E-state index in [4.69, 9.17) is 9.84 Å². The van der Waals surface area contributed by atoms with E-state index in [9.17, 15) is 14.9 Å². The fourth-order valence-electron chi connectivity index (χ4n) is 4.69. The highest BCUT2D eigenvalue weighted by atomic mass is 16.5. The Morgan fingerprint density at radius 2 is 1.64 bits per heavy atom. The molecule has 39 heavy (non-hydrogen) atoms. The first kappa shape index (κ1) is 25.4. The van der Waals surface area contributed by atoms with Gasteiger partial charge in [0, 0.05) is 22.9 Å². The molecule has 7 nitrogen and oxygen atoms in total. The second-order valence-corrected chi connectivity index (χ2v) is 9.18. The normalized spacial score (nSPS) is 15.4. The number of hydrogen-bond acceptors (Lipinski definition) is 5. The molecule has 0 bridgehead atoms. The van der Waals surface area contributed by atoms with E-state index >= 15 is 0 Å². The molecule has 192 valence electrons. The summed E-state index contributed by atoms with van der Waals surface area (Å²) in [6, 6.07) is 27.9. The maximum absolute atomic E-state index is 13.9. The van der Waals surface area contributed by atoms with Crippen molar-refractivity contribution < 1.29 is 14.3 Å². The van der Waals surface area contributed by atoms with E-state index in [2.05, 4.69) is 0 Å². The SMILES string of the molecule is COc1cccc(-c2nn(-c3ccccc3)cc2/C=C2/C(=O)N(C(C)c3ccccc3)C(=O)C(C#N)=C2C)c1. The van der Waals surface area contributed by atoms with Crippen molar-refractivity contribution >= 4 is 17.9 Å². The van der Waals surface area contributed by atoms with Gasteiger partial charge in [-0.05, 0) is 55.3 Å². The topological polar surface area (TPSA) is 88.2 Å². The van der Waals surface area contributed by atoms with Crippen molar-refractivity contribution in [2.24, 2.45) is 0 Å². The van der Waals surface area contributed by atoms with Crippen LogP contribution in [-0.2, 0) is 9.59 Å². The third-order valence-electron chi connectivity index (χ3n) is 6.85. The maximum atomic E-state index is 13.9. The highest BCUT2D eigenvalue weighted by Crippen LogP contribution is 2.35. The van der Waals surface area contributed by atoms with Crippen LogP contribution in [0, 0.1) is 11.3 Å². The number of benzene rings is 3. The van der Waals surface area contributed by atoms with Gasteiger partial charge in [0.15, 0.2) is 0 Å². The molecule has 0 aliphatic carbocycles. The average Bonchev–Trinajstić information content (AvgIpc) is 3.40. The molecule has 2 heterocycles. The largest absolute Gasteiger partial charge is 0.497 e. The lowest BCUT2D eigenvalue weighted by Crippen LogP contribution is -2.44. The van der Waals surface area contributed by atoms with E-state index in [1.54, 1.807) is 31.7 Å². The van der Waals surface area contributed by atoms with Gasteiger partial charge in [-0.1, -0.05) is 60.7 Å². The number of imide groups is 1. The van der Waals surface area contributed by atoms with Gasteiger partial charge < -0.3 is 4.74 Å². The lowest BCUT2D eigenvalue weighted by Gasteiger charge is -2.32. The summed E-state index contributed by atoms with van der Waals surface area (Å²) in [6.45, 7) is 3.42. The van der Waals surface area contributed by atoms with Crippen LogP contribution in [-0.4, -0.2) is 33.6 Å². The molecule has 0 saturated heterocycles. The van der Waals surface area contributed by atoms with E-state index in [0.717, 1.165) is 16.8 Å². The van der Waals surface area contributed by atoms with Gasteiger partial charge in [-0.25, -0.2) is 4.68 Å². The highest BCUT2D eigenvalue weighted by molar-refractivity contribution is 6.20. The molecule has 0 saturated carbocycles. The summed E-state index contributed by atoms with van der Waals surface area (Å²) in [7, 11) is 1.60. The van der Waals surface area contributed by atoms with E-state index in [1.807, 2.05) is 97.2 Å². The Morgan fingerprint density at radius 1 is 0.949 bits per heavy atom. The lowest BCUT2D eigenvalue weighted by atomic mass is 9.91. The smallest absolute Gasteiger partial charge is 0.272 e. The Hall–Kier alpha value is -5.22. The number of nitrogens with zero attached hydrogens (tertiary/aromatic N) is 4. The van der Waals surface area contributed by atoms with Crippen LogP contribution in [0.2, 0.25) is 0 Å². The number of carbonyl (C=O) groups excluding carboxylic acids is 2. The van der Waals surface area contributed by atoms with Crippen LogP contribution in [0.3, 0.4) is 0 Å². The predicted octanol–water partition coefficient (Wildman–Crippen LogP) is 5.90. The zero-order valence-corrected chi connectivity index (χ0v) is 21.8. The summed E-state index contributed by atoms with van der Waals surface area (Å²) in [5, 5.41) is 14.7. The van der Waals surface area contributed by atoms with Gasteiger partial charge in [-0.15, -0.1) is 0 Å². The van der Waals surface area contributed by atoms with Gasteiger partial charge in [0.2, 0.25) is 0 Å². The summed E-state index contributed by atoms with van der Waals surface area (Å²) in [6.07, 6.45) is 3.55. The van der Waals surface area contributed by atoms with Gasteiger partial charge in [0.05, 0.1) is 18.8 Å². The molecule has 1 atom stereocenters. The van der Waals surface area contributed by atoms with Crippen LogP contribution < -0.4 is 4.74 Å². The third kappa shape index (κ3) is 4.76. The van der Waals surface area contributed by atoms with E-state index < -0.39 is 17.9 Å². The predicted molar refractivity (Wildman–Crippen MR) is 149 cm³/mol. The zero-order chi connectivity index (χ0) is 27.5. The van der Waals surface area contributed by atoms with E-state index in [1.165, 1.54) is 4.90 Å². The summed E-state index contributed by atoms with van der Waals surface area (Å²) in [4.78, 5) is 28.4. The van der Waals surface area contributed by atoms with E-state index in [0.29, 0.717) is 22.6 Å². The molecule has 1 aliphatic heterocycles. The van der Waals surface area contributed by atoms with Gasteiger partial charge in [0.25, 0.3) is 11.8 Å². The van der Waals surface area contributed by atoms with Crippen molar-refractivity contribution in [1.82, 2.24) is 14.7 Å². The quantitative estimate of drug-likeness (QED) is 0.236. The molecule has 7 heteroatoms. The molecule has 1 unspecified atom stereocenters. The van der Waals surface area contributed by atoms with Crippen molar-refractivity contribution in [3.05, 3.63) is 119 Å². The number of hydrogen-bond donors (Lipinski definition) is 0. The molecule has 0 N–H and O–H groups in total. The monoisotopic (exact) mass is 514 g/mol. The number of rotatable bonds is 6. The molecule has 4 aromatic rings. The number of aromatic nitrogens is 2. The van der Waals surface area contributed by atoms with E-state index in [-0.39, 0.29) is 11.1 Å². The van der Waals surface area contributed by atoms with Crippen LogP contribution in [0.5, 0.6) is 5.75 Å². The molecule has 1 aromatic heterocycles. The minimum atomic E-state index is -0.596. The number of para-hydroxylation sites is 1. The minimum absolute atomic E-state index is 0.0537. The summed E-state index contributed by atoms with van der Waals surface area (Å²) in [5.41, 5.74) is 4.29. The van der Waals surface area contributed by atoms with Gasteiger partial charge in [-0.2, -0.15) is 10.4 Å². The zero-order valence-electron chi connectivity index (χ0n) is 21.8. The molecule has 0 fully saturated rings. The van der Waals surface area contributed by atoms with Gasteiger partial charge in [0.1, 0.15) is 23.1 Å². The number of ether oxygens (including phenoxy) is 1. The molecule has 3 aromatic carbocycles. The Bertz CT molecular complexity index is 1660. The Balaban J connectivity index is 1.68. The summed E-state index contributed by atoms with van der Waals surface area (Å²) >= 11 is 0. The van der Waals surface area contributed by atoms with Gasteiger partial charge >= 0.3 is 0 Å². The first-order valence-electron chi connectivity index (χ1n) is 12.5. The average molecular weight is 515 g/mol. The first-order valence-corrected chi connectivity index (χ1v) is 12.5. The molecular weight excluding hydrogens is 488 g/mol. The second-order valence-electron chi connectivity index (χ2n) is 9.18. The Labute approximate surface area is 226 Å². The number of amides is 2. The summed E-state index contributed by atoms with van der Waals surface area (Å²) < 4.78 is 7.17. The Morgan fingerprint density at radius 3 is 2.31 bits per heavy atom. The molecule has 1 aliphatic rings. The van der Waals surface area contributed by atoms with Crippen LogP contribution in [0.15, 0.2) is 108 Å². The van der Waals surface area contributed by atoms with Crippen molar-refractivity contribution in [3.63, 3.8) is 0 Å². The van der Waals surface area contributed by atoms with Crippen LogP contribution in [0.4, 0.5) is 0 Å². The second kappa shape index (κ2) is 10.6. The highest BCUT2D eigenvalue weighted by Gasteiger charge is 2.38. The fraction of sp³-hybridized carbons (Fsp3) is 0.125. The standard InChI is InChI=1S/C32H26N4O3/c1-21-28(31(37)36(32(38)29(21)19-33)22(2)23-11-6-4-7-12-23)18-25-20-35(26-14-8-5-9-15-26)34-30(25)24-13-10-16-27(17-24)39-3/h4-18,20,22H,1-3H3/b28-18+. The Kier molecular flexibility index (Phi) is 6.94. The molecule has 0 radical (unpaired) electrons. The third-order valence-corrected chi connectivity index (χ3v) is 6.85. The fourth-order valence-corrected chi connectivity index (χ4v) is 4.69. The molecule has 5 rings (SSSR count). The van der Waals surface area contributed by atoms with Crippen molar-refractivity contribution in [2.75, 3.05) is 7.11 Å². The number of nitriles is 1. The maximum Gasteiger partial charge on any atom is 0.272 e.